The fourth-order valence-corrected chi connectivity index (χ4v) is 6.90. The Balaban J connectivity index is 1.60. The monoisotopic (exact) mass is 770 g/mol. The van der Waals surface area contributed by atoms with Gasteiger partial charge in [-0.1, -0.05) is 36.9 Å². The Hall–Kier alpha value is -6.09. The zero-order valence-corrected chi connectivity index (χ0v) is 32.6. The van der Waals surface area contributed by atoms with Crippen LogP contribution in [-0.2, 0) is 36.8 Å². The van der Waals surface area contributed by atoms with Crippen LogP contribution >= 0.6 is 0 Å². The number of amides is 5. The van der Waals surface area contributed by atoms with E-state index in [1.165, 1.54) is 62.7 Å². The van der Waals surface area contributed by atoms with E-state index in [-0.39, 0.29) is 30.0 Å². The lowest BCUT2D eigenvalue weighted by molar-refractivity contribution is -0.144. The molecule has 0 aromatic heterocycles. The number of nitrogens with one attached hydrogen (secondary N) is 3. The second-order valence-corrected chi connectivity index (χ2v) is 14.3. The maximum absolute atomic E-state index is 14.3. The van der Waals surface area contributed by atoms with Gasteiger partial charge in [0.1, 0.15) is 53.9 Å². The molecular weight excluding hydrogens is 720 g/mol. The van der Waals surface area contributed by atoms with Crippen LogP contribution in [0.1, 0.15) is 43.6 Å². The van der Waals surface area contributed by atoms with Crippen LogP contribution in [0.2, 0.25) is 0 Å². The number of nitrogens with zero attached hydrogens (tertiary/aromatic N) is 3. The van der Waals surface area contributed by atoms with Crippen molar-refractivity contribution in [1.82, 2.24) is 30.7 Å². The van der Waals surface area contributed by atoms with E-state index in [2.05, 4.69) is 22.5 Å². The van der Waals surface area contributed by atoms with Crippen molar-refractivity contribution in [3.63, 3.8) is 0 Å². The van der Waals surface area contributed by atoms with Crippen molar-refractivity contribution in [1.29, 1.82) is 0 Å². The van der Waals surface area contributed by atoms with Crippen LogP contribution in [0.3, 0.4) is 0 Å². The Morgan fingerprint density at radius 3 is 1.98 bits per heavy atom. The highest BCUT2D eigenvalue weighted by molar-refractivity contribution is 5.96. The molecule has 1 saturated heterocycles. The number of carbonyl (C=O) groups excluding carboxylic acids is 5. The Bertz CT molecular complexity index is 1970. The summed E-state index contributed by atoms with van der Waals surface area (Å²) in [7, 11) is 6.03. The van der Waals surface area contributed by atoms with Gasteiger partial charge in [0.15, 0.2) is 11.5 Å². The molecule has 3 aliphatic heterocycles. The van der Waals surface area contributed by atoms with E-state index < -0.39 is 71.9 Å². The Morgan fingerprint density at radius 1 is 0.768 bits per heavy atom. The van der Waals surface area contributed by atoms with Gasteiger partial charge in [0.25, 0.3) is 0 Å². The summed E-state index contributed by atoms with van der Waals surface area (Å²) in [5.74, 6) is -2.09. The van der Waals surface area contributed by atoms with Crippen molar-refractivity contribution in [2.75, 3.05) is 28.3 Å². The molecule has 0 spiro atoms. The molecule has 0 radical (unpaired) electrons. The number of benzene rings is 3. The van der Waals surface area contributed by atoms with Gasteiger partial charge in [-0.05, 0) is 73.9 Å². The quantitative estimate of drug-likeness (QED) is 0.264. The molecule has 0 saturated carbocycles. The van der Waals surface area contributed by atoms with E-state index in [4.69, 9.17) is 9.47 Å². The zero-order valence-electron chi connectivity index (χ0n) is 32.6. The summed E-state index contributed by atoms with van der Waals surface area (Å²) in [6, 6.07) is 11.3. The number of phenolic OH excluding ortho intramolecular Hbond substituents is 1. The van der Waals surface area contributed by atoms with Crippen LogP contribution in [-0.4, -0.2) is 119 Å². The minimum atomic E-state index is -1.39. The zero-order chi connectivity index (χ0) is 41.0. The number of hydrogen-bond acceptors (Lipinski definition) is 10. The molecule has 3 heterocycles. The van der Waals surface area contributed by atoms with Crippen LogP contribution in [0.5, 0.6) is 23.0 Å². The van der Waals surface area contributed by atoms with Crippen molar-refractivity contribution >= 4 is 29.5 Å². The lowest BCUT2D eigenvalue weighted by Crippen LogP contribution is -2.60. The number of fused-ring (bicyclic) bond motifs is 2. The predicted molar refractivity (Wildman–Crippen MR) is 207 cm³/mol. The van der Waals surface area contributed by atoms with Crippen molar-refractivity contribution < 1.29 is 43.7 Å². The van der Waals surface area contributed by atoms with Gasteiger partial charge in [0, 0.05) is 39.7 Å². The molecule has 6 bridgehead atoms. The maximum atomic E-state index is 14.3. The van der Waals surface area contributed by atoms with Gasteiger partial charge in [0.2, 0.25) is 29.5 Å². The average Bonchev–Trinajstić information content (AvgIpc) is 3.18. The molecule has 3 aromatic carbocycles. The molecule has 15 heteroatoms. The Kier molecular flexibility index (Phi) is 12.6. The van der Waals surface area contributed by atoms with Gasteiger partial charge in [-0.25, -0.2) is 0 Å². The largest absolute Gasteiger partial charge is 0.504 e. The number of hydrogen-bond donors (Lipinski definition) is 5. The SMILES string of the molecule is C=C1C2[C@@H](O)c3ccc(cc3)Oc3cc(ccc3O)C[C@@H](C(=O)N[C@H](C)C(=O)N[C@@H](C)C(=O)N(C)[C@@H](Cc3ccc(OC)cc3)C(=O)N[C@@H](C)C(=O)N2C)N1C. The molecule has 5 amide bonds. The molecule has 15 nitrogen and oxygen atoms in total. The molecule has 6 rings (SSSR count). The second-order valence-electron chi connectivity index (χ2n) is 14.3. The van der Waals surface area contributed by atoms with E-state index in [1.807, 2.05) is 0 Å². The second kappa shape index (κ2) is 17.1. The third-order valence-corrected chi connectivity index (χ3v) is 10.4. The molecule has 1 unspecified atom stereocenters. The van der Waals surface area contributed by atoms with Crippen LogP contribution in [0, 0.1) is 0 Å². The third kappa shape index (κ3) is 8.89. The number of aliphatic hydroxyl groups excluding tert-OH is 1. The lowest BCUT2D eigenvalue weighted by Gasteiger charge is -2.41. The van der Waals surface area contributed by atoms with Crippen molar-refractivity contribution in [3.8, 4) is 23.0 Å². The standard InChI is InChI=1S/C41H50N6O9/c1-22-37(50)43-23(2)40(53)46(6)32(19-26-9-14-29(55-8)15-10-26)39(52)44-24(3)41(54)47(7)35-25(4)45(5)31(38(51)42-22)20-27-11-18-33(48)34(21-27)56-30-16-12-28(13-17-30)36(35)49/h9-18,21-24,31-32,35-36,48-49H,4,19-20H2,1-3,5-8H3,(H,42,51)(H,43,50)(H,44,52)/t22-,23+,24+,31+,32+,35?,36+/m1/s1. The third-order valence-electron chi connectivity index (χ3n) is 10.4. The minimum Gasteiger partial charge on any atom is -0.504 e. The topological polar surface area (TPSA) is 190 Å². The number of rotatable bonds is 3. The minimum absolute atomic E-state index is 0.0200. The van der Waals surface area contributed by atoms with E-state index in [0.29, 0.717) is 28.2 Å². The number of aliphatic hydroxyl groups is 1. The molecule has 298 valence electrons. The molecular formula is C41H50N6O9. The van der Waals surface area contributed by atoms with E-state index in [1.54, 1.807) is 67.7 Å². The molecule has 3 aromatic rings. The van der Waals surface area contributed by atoms with Crippen LogP contribution in [0.25, 0.3) is 0 Å². The van der Waals surface area contributed by atoms with Crippen LogP contribution in [0.15, 0.2) is 79.0 Å². The average molecular weight is 771 g/mol. The van der Waals surface area contributed by atoms with E-state index in [0.717, 1.165) is 0 Å². The number of ether oxygens (including phenoxy) is 2. The summed E-state index contributed by atoms with van der Waals surface area (Å²) in [6.45, 7) is 8.74. The number of phenols is 1. The first kappa shape index (κ1) is 41.1. The number of carbonyl (C=O) groups is 5. The van der Waals surface area contributed by atoms with Crippen molar-refractivity contribution in [2.24, 2.45) is 0 Å². The number of likely N-dealkylation sites (N-methyl/N-ethyl adjacent to an activating group) is 3. The first-order valence-corrected chi connectivity index (χ1v) is 18.3. The van der Waals surface area contributed by atoms with Gasteiger partial charge < -0.3 is 50.3 Å². The predicted octanol–water partition coefficient (Wildman–Crippen LogP) is 2.02. The van der Waals surface area contributed by atoms with Crippen molar-refractivity contribution in [2.45, 2.75) is 76.0 Å². The van der Waals surface area contributed by atoms with Gasteiger partial charge >= 0.3 is 0 Å². The fourth-order valence-electron chi connectivity index (χ4n) is 6.90. The molecule has 56 heavy (non-hydrogen) atoms. The van der Waals surface area contributed by atoms with E-state index >= 15 is 0 Å². The lowest BCUT2D eigenvalue weighted by atomic mass is 9.95. The normalized spacial score (nSPS) is 25.7. The van der Waals surface area contributed by atoms with E-state index in [9.17, 15) is 34.2 Å². The van der Waals surface area contributed by atoms with Crippen LogP contribution in [0.4, 0.5) is 0 Å². The molecule has 1 fully saturated rings. The molecule has 3 aliphatic rings. The summed E-state index contributed by atoms with van der Waals surface area (Å²) < 4.78 is 11.2. The summed E-state index contributed by atoms with van der Waals surface area (Å²) in [4.78, 5) is 74.0. The molecule has 7 atom stereocenters. The summed E-state index contributed by atoms with van der Waals surface area (Å²) in [6.07, 6.45) is -1.31. The summed E-state index contributed by atoms with van der Waals surface area (Å²) in [5, 5.41) is 30.8. The first-order valence-electron chi connectivity index (χ1n) is 18.3. The van der Waals surface area contributed by atoms with Gasteiger partial charge in [-0.2, -0.15) is 0 Å². The highest BCUT2D eigenvalue weighted by Gasteiger charge is 2.39. The van der Waals surface area contributed by atoms with Crippen molar-refractivity contribution in [3.05, 3.63) is 95.7 Å². The molecule has 5 N–H and O–H groups in total. The number of aromatic hydroxyl groups is 1. The van der Waals surface area contributed by atoms with Gasteiger partial charge in [-0.15, -0.1) is 0 Å². The molecule has 0 aliphatic carbocycles. The maximum Gasteiger partial charge on any atom is 0.245 e. The van der Waals surface area contributed by atoms with Crippen LogP contribution < -0.4 is 25.4 Å². The highest BCUT2D eigenvalue weighted by atomic mass is 16.5. The smallest absolute Gasteiger partial charge is 0.245 e. The number of methoxy groups -OCH3 is 1. The Morgan fingerprint density at radius 2 is 1.36 bits per heavy atom. The van der Waals surface area contributed by atoms with Gasteiger partial charge in [0.05, 0.1) is 7.11 Å². The summed E-state index contributed by atoms with van der Waals surface area (Å²) >= 11 is 0. The summed E-state index contributed by atoms with van der Waals surface area (Å²) in [5.41, 5.74) is 1.84. The fraction of sp³-hybridized carbons (Fsp3) is 0.390. The highest BCUT2D eigenvalue weighted by Crippen LogP contribution is 2.35. The Labute approximate surface area is 326 Å². The van der Waals surface area contributed by atoms with Gasteiger partial charge in [-0.3, -0.25) is 24.0 Å². The first-order chi connectivity index (χ1) is 26.5.